The van der Waals surface area contributed by atoms with Gasteiger partial charge in [0.1, 0.15) is 11.5 Å². The fourth-order valence-electron chi connectivity index (χ4n) is 3.04. The number of carboxylic acid groups (broad SMARTS) is 1. The quantitative estimate of drug-likeness (QED) is 0.809. The predicted octanol–water partition coefficient (Wildman–Crippen LogP) is 4.73. The van der Waals surface area contributed by atoms with Gasteiger partial charge in [-0.15, -0.1) is 13.2 Å². The van der Waals surface area contributed by atoms with Crippen LogP contribution in [0.1, 0.15) is 50.5 Å². The molecule has 134 valence electrons. The second kappa shape index (κ2) is 7.77. The maximum Gasteiger partial charge on any atom is 0.573 e. The maximum absolute atomic E-state index is 12.4. The molecule has 0 spiro atoms. The van der Waals surface area contributed by atoms with Crippen molar-refractivity contribution in [2.24, 2.45) is 5.92 Å². The zero-order valence-corrected chi connectivity index (χ0v) is 13.4. The van der Waals surface area contributed by atoms with Crippen LogP contribution in [0.4, 0.5) is 13.2 Å². The SMILES string of the molecule is CCCOc1ccc(OC(F)(F)F)cc1C1CCC(C(=O)O)CC1. The first-order chi connectivity index (χ1) is 11.3. The molecule has 2 rings (SSSR count). The number of rotatable bonds is 6. The van der Waals surface area contributed by atoms with Crippen LogP contribution in [0.5, 0.6) is 11.5 Å². The van der Waals surface area contributed by atoms with Crippen molar-refractivity contribution in [2.75, 3.05) is 6.61 Å². The summed E-state index contributed by atoms with van der Waals surface area (Å²) >= 11 is 0. The molecular formula is C17H21F3O4. The Hall–Kier alpha value is -1.92. The summed E-state index contributed by atoms with van der Waals surface area (Å²) in [5.74, 6) is -0.947. The molecular weight excluding hydrogens is 325 g/mol. The highest BCUT2D eigenvalue weighted by Crippen LogP contribution is 2.41. The van der Waals surface area contributed by atoms with Crippen molar-refractivity contribution < 1.29 is 32.5 Å². The number of carbonyl (C=O) groups is 1. The molecule has 1 aliphatic carbocycles. The van der Waals surface area contributed by atoms with Crippen LogP contribution in [0, 0.1) is 5.92 Å². The molecule has 0 saturated heterocycles. The van der Waals surface area contributed by atoms with Crippen molar-refractivity contribution in [1.29, 1.82) is 0 Å². The van der Waals surface area contributed by atoms with E-state index in [1.165, 1.54) is 18.2 Å². The Labute approximate surface area is 138 Å². The highest BCUT2D eigenvalue weighted by Gasteiger charge is 2.33. The summed E-state index contributed by atoms with van der Waals surface area (Å²) in [5, 5.41) is 9.07. The maximum atomic E-state index is 12.4. The summed E-state index contributed by atoms with van der Waals surface area (Å²) < 4.78 is 47.0. The molecule has 0 unspecified atom stereocenters. The lowest BCUT2D eigenvalue weighted by Gasteiger charge is -2.28. The van der Waals surface area contributed by atoms with Crippen LogP contribution in [-0.2, 0) is 4.79 Å². The van der Waals surface area contributed by atoms with E-state index in [0.29, 0.717) is 43.6 Å². The number of alkyl halides is 3. The van der Waals surface area contributed by atoms with Gasteiger partial charge in [-0.25, -0.2) is 0 Å². The van der Waals surface area contributed by atoms with Crippen LogP contribution < -0.4 is 9.47 Å². The first-order valence-corrected chi connectivity index (χ1v) is 8.05. The lowest BCUT2D eigenvalue weighted by Crippen LogP contribution is -2.21. The van der Waals surface area contributed by atoms with Crippen molar-refractivity contribution in [3.05, 3.63) is 23.8 Å². The second-order valence-electron chi connectivity index (χ2n) is 5.98. The number of hydrogen-bond donors (Lipinski definition) is 1. The lowest BCUT2D eigenvalue weighted by molar-refractivity contribution is -0.274. The van der Waals surface area contributed by atoms with Crippen LogP contribution in [0.15, 0.2) is 18.2 Å². The molecule has 0 atom stereocenters. The number of aliphatic carboxylic acids is 1. The minimum Gasteiger partial charge on any atom is -0.493 e. The van der Waals surface area contributed by atoms with Crippen molar-refractivity contribution in [3.8, 4) is 11.5 Å². The van der Waals surface area contributed by atoms with E-state index in [-0.39, 0.29) is 17.6 Å². The third-order valence-electron chi connectivity index (χ3n) is 4.19. The molecule has 1 N–H and O–H groups in total. The fraction of sp³-hybridized carbons (Fsp3) is 0.588. The number of halogens is 3. The van der Waals surface area contributed by atoms with Gasteiger partial charge in [0.2, 0.25) is 0 Å². The summed E-state index contributed by atoms with van der Waals surface area (Å²) in [5.41, 5.74) is 0.661. The van der Waals surface area contributed by atoms with Gasteiger partial charge in [0, 0.05) is 5.56 Å². The van der Waals surface area contributed by atoms with Gasteiger partial charge in [0.05, 0.1) is 12.5 Å². The van der Waals surface area contributed by atoms with Gasteiger partial charge < -0.3 is 14.6 Å². The van der Waals surface area contributed by atoms with Crippen LogP contribution >= 0.6 is 0 Å². The van der Waals surface area contributed by atoms with Crippen LogP contribution in [0.2, 0.25) is 0 Å². The summed E-state index contributed by atoms with van der Waals surface area (Å²) in [6.07, 6.45) is -1.73. The fourth-order valence-corrected chi connectivity index (χ4v) is 3.04. The van der Waals surface area contributed by atoms with Crippen molar-refractivity contribution >= 4 is 5.97 Å². The average Bonchev–Trinajstić information content (AvgIpc) is 2.52. The molecule has 0 radical (unpaired) electrons. The third kappa shape index (κ3) is 5.04. The van der Waals surface area contributed by atoms with Gasteiger partial charge in [-0.2, -0.15) is 0 Å². The average molecular weight is 346 g/mol. The van der Waals surface area contributed by atoms with Gasteiger partial charge in [-0.3, -0.25) is 4.79 Å². The summed E-state index contributed by atoms with van der Waals surface area (Å²) in [6.45, 7) is 2.41. The summed E-state index contributed by atoms with van der Waals surface area (Å²) in [6, 6.07) is 4.10. The Balaban J connectivity index is 2.20. The Morgan fingerprint density at radius 3 is 2.46 bits per heavy atom. The molecule has 1 fully saturated rings. The lowest BCUT2D eigenvalue weighted by atomic mass is 9.78. The molecule has 0 bridgehead atoms. The Morgan fingerprint density at radius 1 is 1.25 bits per heavy atom. The summed E-state index contributed by atoms with van der Waals surface area (Å²) in [4.78, 5) is 11.0. The minimum absolute atomic E-state index is 0.0239. The molecule has 0 aromatic heterocycles. The first kappa shape index (κ1) is 18.4. The van der Waals surface area contributed by atoms with Crippen LogP contribution in [-0.4, -0.2) is 24.0 Å². The van der Waals surface area contributed by atoms with Gasteiger partial charge in [0.15, 0.2) is 0 Å². The van der Waals surface area contributed by atoms with Gasteiger partial charge in [-0.05, 0) is 56.2 Å². The Morgan fingerprint density at radius 2 is 1.92 bits per heavy atom. The second-order valence-corrected chi connectivity index (χ2v) is 5.98. The molecule has 24 heavy (non-hydrogen) atoms. The molecule has 0 heterocycles. The van der Waals surface area contributed by atoms with Gasteiger partial charge >= 0.3 is 12.3 Å². The first-order valence-electron chi connectivity index (χ1n) is 8.05. The highest BCUT2D eigenvalue weighted by molar-refractivity contribution is 5.70. The van der Waals surface area contributed by atoms with Crippen molar-refractivity contribution in [1.82, 2.24) is 0 Å². The number of ether oxygens (including phenoxy) is 2. The van der Waals surface area contributed by atoms with Crippen LogP contribution in [0.25, 0.3) is 0 Å². The van der Waals surface area contributed by atoms with E-state index in [4.69, 9.17) is 9.84 Å². The molecule has 7 heteroatoms. The van der Waals surface area contributed by atoms with E-state index in [2.05, 4.69) is 4.74 Å². The number of hydrogen-bond acceptors (Lipinski definition) is 3. The normalized spacial score (nSPS) is 21.3. The third-order valence-corrected chi connectivity index (χ3v) is 4.19. The smallest absolute Gasteiger partial charge is 0.493 e. The topological polar surface area (TPSA) is 55.8 Å². The molecule has 0 amide bonds. The standard InChI is InChI=1S/C17H21F3O4/c1-2-9-23-15-8-7-13(24-17(18,19)20)10-14(15)11-3-5-12(6-4-11)16(21)22/h7-8,10-12H,2-6,9H2,1H3,(H,21,22). The molecule has 1 aliphatic rings. The summed E-state index contributed by atoms with van der Waals surface area (Å²) in [7, 11) is 0. The van der Waals surface area contributed by atoms with E-state index in [1.807, 2.05) is 6.92 Å². The van der Waals surface area contributed by atoms with E-state index in [0.717, 1.165) is 6.42 Å². The molecule has 1 saturated carbocycles. The minimum atomic E-state index is -4.75. The van der Waals surface area contributed by atoms with Crippen molar-refractivity contribution in [3.63, 3.8) is 0 Å². The van der Waals surface area contributed by atoms with E-state index >= 15 is 0 Å². The van der Waals surface area contributed by atoms with Crippen molar-refractivity contribution in [2.45, 2.75) is 51.3 Å². The number of benzene rings is 1. The van der Waals surface area contributed by atoms with Crippen LogP contribution in [0.3, 0.4) is 0 Å². The molecule has 1 aromatic carbocycles. The molecule has 1 aromatic rings. The van der Waals surface area contributed by atoms with Gasteiger partial charge in [-0.1, -0.05) is 6.92 Å². The van der Waals surface area contributed by atoms with E-state index < -0.39 is 12.3 Å². The highest BCUT2D eigenvalue weighted by atomic mass is 19.4. The number of carboxylic acids is 1. The van der Waals surface area contributed by atoms with E-state index in [1.54, 1.807) is 0 Å². The van der Waals surface area contributed by atoms with E-state index in [9.17, 15) is 18.0 Å². The molecule has 0 aliphatic heterocycles. The largest absolute Gasteiger partial charge is 0.573 e. The predicted molar refractivity (Wildman–Crippen MR) is 81.2 cm³/mol. The zero-order chi connectivity index (χ0) is 17.7. The Kier molecular flexibility index (Phi) is 5.96. The monoisotopic (exact) mass is 346 g/mol. The zero-order valence-electron chi connectivity index (χ0n) is 13.4. The Bertz CT molecular complexity index is 563. The van der Waals surface area contributed by atoms with Gasteiger partial charge in [0.25, 0.3) is 0 Å². The molecule has 4 nitrogen and oxygen atoms in total.